The first kappa shape index (κ1) is 13.1. The van der Waals surface area contributed by atoms with E-state index in [1.807, 2.05) is 6.92 Å². The number of fused-ring (bicyclic) bond motifs is 1. The van der Waals surface area contributed by atoms with E-state index in [1.165, 1.54) is 12.1 Å². The molecule has 0 spiro atoms. The first-order valence-electron chi connectivity index (χ1n) is 6.95. The Labute approximate surface area is 117 Å². The maximum Gasteiger partial charge on any atom is 0.249 e. The van der Waals surface area contributed by atoms with E-state index in [4.69, 9.17) is 0 Å². The van der Waals surface area contributed by atoms with Gasteiger partial charge in [-0.3, -0.25) is 9.59 Å². The molecule has 2 heterocycles. The third-order valence-electron chi connectivity index (χ3n) is 4.14. The van der Waals surface area contributed by atoms with E-state index in [0.717, 1.165) is 12.0 Å². The van der Waals surface area contributed by atoms with Crippen LogP contribution in [0.1, 0.15) is 24.8 Å². The van der Waals surface area contributed by atoms with Crippen LogP contribution in [0.4, 0.5) is 10.1 Å². The lowest BCUT2D eigenvalue weighted by atomic mass is 10.1. The number of carbonyl (C=O) groups is 2. The molecule has 0 bridgehead atoms. The molecule has 2 fully saturated rings. The number of hydrogen-bond donors (Lipinski definition) is 0. The molecule has 2 saturated heterocycles. The highest BCUT2D eigenvalue weighted by molar-refractivity contribution is 6.02. The van der Waals surface area contributed by atoms with Crippen molar-refractivity contribution in [1.82, 2.24) is 4.90 Å². The molecule has 1 unspecified atom stereocenters. The zero-order valence-corrected chi connectivity index (χ0v) is 11.4. The number of amides is 2. The van der Waals surface area contributed by atoms with Crippen molar-refractivity contribution in [3.05, 3.63) is 29.6 Å². The second kappa shape index (κ2) is 4.89. The molecule has 2 aliphatic rings. The highest BCUT2D eigenvalue weighted by Gasteiger charge is 2.39. The molecule has 106 valence electrons. The summed E-state index contributed by atoms with van der Waals surface area (Å²) in [4.78, 5) is 27.9. The van der Waals surface area contributed by atoms with Crippen molar-refractivity contribution in [2.45, 2.75) is 32.2 Å². The van der Waals surface area contributed by atoms with E-state index in [1.54, 1.807) is 15.9 Å². The Morgan fingerprint density at radius 3 is 2.85 bits per heavy atom. The number of rotatable bonds is 1. The van der Waals surface area contributed by atoms with Crippen LogP contribution in [0.3, 0.4) is 0 Å². The maximum atomic E-state index is 13.5. The average Bonchev–Trinajstić information content (AvgIpc) is 2.87. The van der Waals surface area contributed by atoms with Gasteiger partial charge in [0.1, 0.15) is 11.9 Å². The largest absolute Gasteiger partial charge is 0.331 e. The van der Waals surface area contributed by atoms with Crippen LogP contribution >= 0.6 is 0 Å². The number of aryl methyl sites for hydroxylation is 1. The summed E-state index contributed by atoms with van der Waals surface area (Å²) in [5, 5.41) is 0. The van der Waals surface area contributed by atoms with Gasteiger partial charge in [-0.05, 0) is 37.5 Å². The molecule has 0 saturated carbocycles. The molecular formula is C15H17FN2O2. The van der Waals surface area contributed by atoms with Gasteiger partial charge in [0.2, 0.25) is 11.8 Å². The van der Waals surface area contributed by atoms with E-state index in [0.29, 0.717) is 31.6 Å². The average molecular weight is 276 g/mol. The minimum absolute atomic E-state index is 0.0254. The van der Waals surface area contributed by atoms with Gasteiger partial charge < -0.3 is 9.80 Å². The molecule has 2 amide bonds. The van der Waals surface area contributed by atoms with Crippen LogP contribution in [-0.2, 0) is 9.59 Å². The summed E-state index contributed by atoms with van der Waals surface area (Å²) in [6, 6.07) is 4.06. The van der Waals surface area contributed by atoms with Gasteiger partial charge in [0.15, 0.2) is 0 Å². The lowest BCUT2D eigenvalue weighted by Gasteiger charge is -2.26. The van der Waals surface area contributed by atoms with Crippen molar-refractivity contribution in [2.24, 2.45) is 0 Å². The van der Waals surface area contributed by atoms with Crippen LogP contribution in [0.15, 0.2) is 18.2 Å². The van der Waals surface area contributed by atoms with Crippen molar-refractivity contribution < 1.29 is 14.0 Å². The Morgan fingerprint density at radius 2 is 2.05 bits per heavy atom. The Morgan fingerprint density at radius 1 is 1.25 bits per heavy atom. The van der Waals surface area contributed by atoms with Gasteiger partial charge in [-0.15, -0.1) is 0 Å². The number of anilines is 1. The minimum Gasteiger partial charge on any atom is -0.331 e. The van der Waals surface area contributed by atoms with E-state index < -0.39 is 0 Å². The van der Waals surface area contributed by atoms with Crippen molar-refractivity contribution in [3.63, 3.8) is 0 Å². The number of halogens is 1. The fourth-order valence-corrected chi connectivity index (χ4v) is 3.08. The lowest BCUT2D eigenvalue weighted by Crippen LogP contribution is -2.44. The summed E-state index contributed by atoms with van der Waals surface area (Å²) in [6.07, 6.45) is 1.87. The predicted molar refractivity (Wildman–Crippen MR) is 72.8 cm³/mol. The molecule has 0 aromatic heterocycles. The normalized spacial score (nSPS) is 23.0. The second-order valence-electron chi connectivity index (χ2n) is 5.42. The number of hydrogen-bond acceptors (Lipinski definition) is 2. The summed E-state index contributed by atoms with van der Waals surface area (Å²) in [5.74, 6) is -0.420. The van der Waals surface area contributed by atoms with E-state index in [-0.39, 0.29) is 23.7 Å². The number of carbonyl (C=O) groups excluding carboxylic acids is 2. The van der Waals surface area contributed by atoms with Gasteiger partial charge in [0.25, 0.3) is 0 Å². The summed E-state index contributed by atoms with van der Waals surface area (Å²) >= 11 is 0. The molecule has 1 aromatic rings. The molecule has 4 nitrogen and oxygen atoms in total. The fraction of sp³-hybridized carbons (Fsp3) is 0.467. The van der Waals surface area contributed by atoms with Gasteiger partial charge in [-0.1, -0.05) is 6.07 Å². The van der Waals surface area contributed by atoms with Crippen LogP contribution in [0.2, 0.25) is 0 Å². The summed E-state index contributed by atoms with van der Waals surface area (Å²) in [7, 11) is 0. The van der Waals surface area contributed by atoms with Crippen LogP contribution in [-0.4, -0.2) is 35.8 Å². The molecule has 5 heteroatoms. The molecule has 3 rings (SSSR count). The minimum atomic E-state index is -0.368. The Bertz CT molecular complexity index is 573. The highest BCUT2D eigenvalue weighted by Crippen LogP contribution is 2.29. The van der Waals surface area contributed by atoms with Crippen molar-refractivity contribution >= 4 is 17.5 Å². The topological polar surface area (TPSA) is 40.6 Å². The summed E-state index contributed by atoms with van der Waals surface area (Å²) in [6.45, 7) is 2.83. The molecule has 2 aliphatic heterocycles. The molecule has 20 heavy (non-hydrogen) atoms. The number of benzene rings is 1. The van der Waals surface area contributed by atoms with Gasteiger partial charge in [-0.25, -0.2) is 4.39 Å². The van der Waals surface area contributed by atoms with Crippen molar-refractivity contribution in [2.75, 3.05) is 18.0 Å². The van der Waals surface area contributed by atoms with Crippen molar-refractivity contribution in [1.29, 1.82) is 0 Å². The molecule has 1 atom stereocenters. The van der Waals surface area contributed by atoms with E-state index in [9.17, 15) is 14.0 Å². The smallest absolute Gasteiger partial charge is 0.249 e. The van der Waals surface area contributed by atoms with Crippen LogP contribution in [0, 0.1) is 12.7 Å². The molecular weight excluding hydrogens is 259 g/mol. The summed E-state index contributed by atoms with van der Waals surface area (Å²) < 4.78 is 13.5. The summed E-state index contributed by atoms with van der Waals surface area (Å²) in [5.41, 5.74) is 1.43. The van der Waals surface area contributed by atoms with Gasteiger partial charge >= 0.3 is 0 Å². The zero-order chi connectivity index (χ0) is 14.3. The first-order valence-corrected chi connectivity index (χ1v) is 6.95. The molecule has 0 radical (unpaired) electrons. The lowest BCUT2D eigenvalue weighted by molar-refractivity contribution is -0.135. The molecule has 1 aromatic carbocycles. The Kier molecular flexibility index (Phi) is 3.20. The van der Waals surface area contributed by atoms with Crippen LogP contribution < -0.4 is 4.90 Å². The zero-order valence-electron chi connectivity index (χ0n) is 11.4. The second-order valence-corrected chi connectivity index (χ2v) is 5.42. The first-order chi connectivity index (χ1) is 9.58. The predicted octanol–water partition coefficient (Wildman–Crippen LogP) is 1.86. The molecule has 0 aliphatic carbocycles. The third-order valence-corrected chi connectivity index (χ3v) is 4.14. The van der Waals surface area contributed by atoms with Crippen molar-refractivity contribution in [3.8, 4) is 0 Å². The highest BCUT2D eigenvalue weighted by atomic mass is 19.1. The Balaban J connectivity index is 1.98. The Hall–Kier alpha value is -1.91. The van der Waals surface area contributed by atoms with Crippen LogP contribution in [0.25, 0.3) is 0 Å². The van der Waals surface area contributed by atoms with Gasteiger partial charge in [0, 0.05) is 25.2 Å². The van der Waals surface area contributed by atoms with E-state index in [2.05, 4.69) is 0 Å². The fourth-order valence-electron chi connectivity index (χ4n) is 3.08. The molecule has 0 N–H and O–H groups in total. The SMILES string of the molecule is Cc1ccc(F)cc1N1CCC(=O)N2CCCC2C1=O. The monoisotopic (exact) mass is 276 g/mol. The van der Waals surface area contributed by atoms with E-state index >= 15 is 0 Å². The maximum absolute atomic E-state index is 13.5. The third kappa shape index (κ3) is 2.07. The van der Waals surface area contributed by atoms with Crippen LogP contribution in [0.5, 0.6) is 0 Å². The quantitative estimate of drug-likeness (QED) is 0.785. The standard InChI is InChI=1S/C15H17FN2O2/c1-10-4-5-11(16)9-13(10)18-8-6-14(19)17-7-2-3-12(17)15(18)20/h4-5,9,12H,2-3,6-8H2,1H3. The van der Waals surface area contributed by atoms with Gasteiger partial charge in [0.05, 0.1) is 0 Å². The van der Waals surface area contributed by atoms with Gasteiger partial charge in [-0.2, -0.15) is 0 Å². The number of nitrogens with zero attached hydrogens (tertiary/aromatic N) is 2.